The summed E-state index contributed by atoms with van der Waals surface area (Å²) >= 11 is 0. The molecule has 4 heteroatoms. The lowest BCUT2D eigenvalue weighted by Gasteiger charge is -2.18. The van der Waals surface area contributed by atoms with Gasteiger partial charge < -0.3 is 9.84 Å². The number of hydrogen-bond donors (Lipinski definition) is 2. The largest absolute Gasteiger partial charge is 0.468 e. The Hall–Kier alpha value is -0.610. The fourth-order valence-electron chi connectivity index (χ4n) is 1.04. The minimum atomic E-state index is -0.696. The second kappa shape index (κ2) is 3.87. The molecule has 0 aromatic carbocycles. The molecule has 0 saturated heterocycles. The molecule has 0 heterocycles. The number of aliphatic hydroxyl groups is 1. The molecule has 1 aliphatic carbocycles. The van der Waals surface area contributed by atoms with Gasteiger partial charge >= 0.3 is 5.97 Å². The Bertz CT molecular complexity index is 166. The number of ether oxygens (including phenoxy) is 1. The molecule has 0 aromatic rings. The number of esters is 1. The molecule has 0 amide bonds. The highest BCUT2D eigenvalue weighted by Gasteiger charge is 2.31. The lowest BCUT2D eigenvalue weighted by Crippen LogP contribution is -2.46. The van der Waals surface area contributed by atoms with Gasteiger partial charge in [-0.15, -0.1) is 0 Å². The van der Waals surface area contributed by atoms with Crippen molar-refractivity contribution in [2.45, 2.75) is 38.0 Å². The Morgan fingerprint density at radius 2 is 2.25 bits per heavy atom. The lowest BCUT2D eigenvalue weighted by molar-refractivity contribution is -0.145. The lowest BCUT2D eigenvalue weighted by atomic mass is 10.2. The number of nitrogens with one attached hydrogen (secondary N) is 1. The van der Waals surface area contributed by atoms with E-state index in [4.69, 9.17) is 0 Å². The highest BCUT2D eigenvalue weighted by molar-refractivity contribution is 5.76. The Morgan fingerprint density at radius 3 is 2.58 bits per heavy atom. The second-order valence-corrected chi connectivity index (χ2v) is 3.18. The first-order valence-corrected chi connectivity index (χ1v) is 4.17. The molecular formula is C8H15NO3. The summed E-state index contributed by atoms with van der Waals surface area (Å²) in [6.45, 7) is 1.58. The van der Waals surface area contributed by atoms with Gasteiger partial charge in [0.25, 0.3) is 0 Å². The highest BCUT2D eigenvalue weighted by Crippen LogP contribution is 2.20. The van der Waals surface area contributed by atoms with E-state index in [2.05, 4.69) is 10.1 Å². The molecule has 0 aliphatic heterocycles. The van der Waals surface area contributed by atoms with E-state index in [1.54, 1.807) is 6.92 Å². The third kappa shape index (κ3) is 2.46. The normalized spacial score (nSPS) is 21.6. The van der Waals surface area contributed by atoms with Crippen LogP contribution in [0.25, 0.3) is 0 Å². The average molecular weight is 173 g/mol. The maximum Gasteiger partial charge on any atom is 0.325 e. The van der Waals surface area contributed by atoms with Gasteiger partial charge in [-0.2, -0.15) is 0 Å². The molecule has 12 heavy (non-hydrogen) atoms. The van der Waals surface area contributed by atoms with E-state index in [0.29, 0.717) is 6.04 Å². The molecule has 2 atom stereocenters. The van der Waals surface area contributed by atoms with Crippen LogP contribution in [0.3, 0.4) is 0 Å². The first-order chi connectivity index (χ1) is 5.65. The molecule has 2 N–H and O–H groups in total. The van der Waals surface area contributed by atoms with E-state index < -0.39 is 18.1 Å². The molecule has 1 fully saturated rings. The quantitative estimate of drug-likeness (QED) is 0.571. The van der Waals surface area contributed by atoms with Crippen molar-refractivity contribution in [3.8, 4) is 0 Å². The summed E-state index contributed by atoms with van der Waals surface area (Å²) in [5, 5.41) is 12.2. The molecule has 0 radical (unpaired) electrons. The molecule has 1 aliphatic rings. The predicted octanol–water partition coefficient (Wildman–Crippen LogP) is -0.339. The summed E-state index contributed by atoms with van der Waals surface area (Å²) in [5.74, 6) is -0.392. The van der Waals surface area contributed by atoms with Gasteiger partial charge in [0.05, 0.1) is 13.2 Å². The zero-order valence-electron chi connectivity index (χ0n) is 7.41. The van der Waals surface area contributed by atoms with Crippen LogP contribution in [0.1, 0.15) is 19.8 Å². The van der Waals surface area contributed by atoms with Gasteiger partial charge in [-0.25, -0.2) is 0 Å². The Kier molecular flexibility index (Phi) is 3.05. The topological polar surface area (TPSA) is 58.6 Å². The van der Waals surface area contributed by atoms with Gasteiger partial charge in [-0.1, -0.05) is 0 Å². The molecule has 0 spiro atoms. The molecule has 0 aromatic heterocycles. The smallest absolute Gasteiger partial charge is 0.325 e. The van der Waals surface area contributed by atoms with E-state index in [1.807, 2.05) is 0 Å². The summed E-state index contributed by atoms with van der Waals surface area (Å²) in [4.78, 5) is 11.1. The number of aliphatic hydroxyl groups excluding tert-OH is 1. The van der Waals surface area contributed by atoms with Crippen LogP contribution in [-0.4, -0.2) is 36.4 Å². The van der Waals surface area contributed by atoms with Crippen LogP contribution in [0.4, 0.5) is 0 Å². The number of carbonyl (C=O) groups is 1. The summed E-state index contributed by atoms with van der Waals surface area (Å²) in [7, 11) is 1.33. The number of carbonyl (C=O) groups excluding carboxylic acids is 1. The van der Waals surface area contributed by atoms with Crippen molar-refractivity contribution in [2.75, 3.05) is 7.11 Å². The zero-order chi connectivity index (χ0) is 9.14. The van der Waals surface area contributed by atoms with Crippen LogP contribution >= 0.6 is 0 Å². The van der Waals surface area contributed by atoms with Crippen LogP contribution in [0.2, 0.25) is 0 Å². The molecular weight excluding hydrogens is 158 g/mol. The number of methoxy groups -OCH3 is 1. The van der Waals surface area contributed by atoms with E-state index in [0.717, 1.165) is 12.8 Å². The first-order valence-electron chi connectivity index (χ1n) is 4.17. The van der Waals surface area contributed by atoms with Crippen molar-refractivity contribution in [3.63, 3.8) is 0 Å². The van der Waals surface area contributed by atoms with Crippen LogP contribution in [0.15, 0.2) is 0 Å². The van der Waals surface area contributed by atoms with Crippen LogP contribution < -0.4 is 5.32 Å². The molecule has 1 saturated carbocycles. The molecule has 0 bridgehead atoms. The van der Waals surface area contributed by atoms with Crippen molar-refractivity contribution in [3.05, 3.63) is 0 Å². The molecule has 4 nitrogen and oxygen atoms in total. The van der Waals surface area contributed by atoms with Gasteiger partial charge in [0.15, 0.2) is 0 Å². The molecule has 70 valence electrons. The minimum Gasteiger partial charge on any atom is -0.468 e. The Labute approximate surface area is 71.9 Å². The van der Waals surface area contributed by atoms with Gasteiger partial charge in [-0.05, 0) is 19.8 Å². The van der Waals surface area contributed by atoms with Crippen LogP contribution in [0.5, 0.6) is 0 Å². The zero-order valence-corrected chi connectivity index (χ0v) is 7.41. The predicted molar refractivity (Wildman–Crippen MR) is 43.6 cm³/mol. The van der Waals surface area contributed by atoms with E-state index in [-0.39, 0.29) is 0 Å². The van der Waals surface area contributed by atoms with Crippen LogP contribution in [0, 0.1) is 0 Å². The summed E-state index contributed by atoms with van der Waals surface area (Å²) in [5.41, 5.74) is 0. The average Bonchev–Trinajstić information content (AvgIpc) is 2.81. The maximum absolute atomic E-state index is 11.1. The molecule has 1 rings (SSSR count). The van der Waals surface area contributed by atoms with Crippen molar-refractivity contribution < 1.29 is 14.6 Å². The van der Waals surface area contributed by atoms with E-state index in [1.165, 1.54) is 7.11 Å². The third-order valence-corrected chi connectivity index (χ3v) is 1.93. The Balaban J connectivity index is 2.41. The standard InChI is InChI=1S/C8H15NO3/c1-5(10)7(8(11)12-2)9-6-3-4-6/h5-7,9-10H,3-4H2,1-2H3. The monoisotopic (exact) mass is 173 g/mol. The maximum atomic E-state index is 11.1. The summed E-state index contributed by atoms with van der Waals surface area (Å²) in [6, 6.07) is -0.175. The fraction of sp³-hybridized carbons (Fsp3) is 0.875. The number of hydrogen-bond acceptors (Lipinski definition) is 4. The summed E-state index contributed by atoms with van der Waals surface area (Å²) < 4.78 is 4.54. The van der Waals surface area contributed by atoms with Gasteiger partial charge in [0.1, 0.15) is 6.04 Å². The van der Waals surface area contributed by atoms with Gasteiger partial charge in [-0.3, -0.25) is 10.1 Å². The third-order valence-electron chi connectivity index (χ3n) is 1.93. The Morgan fingerprint density at radius 1 is 1.67 bits per heavy atom. The van der Waals surface area contributed by atoms with Crippen molar-refractivity contribution in [1.29, 1.82) is 0 Å². The van der Waals surface area contributed by atoms with Crippen LogP contribution in [-0.2, 0) is 9.53 Å². The van der Waals surface area contributed by atoms with E-state index in [9.17, 15) is 9.90 Å². The van der Waals surface area contributed by atoms with Gasteiger partial charge in [0, 0.05) is 6.04 Å². The summed E-state index contributed by atoms with van der Waals surface area (Å²) in [6.07, 6.45) is 1.47. The SMILES string of the molecule is COC(=O)C(NC1CC1)C(C)O. The number of rotatable bonds is 4. The van der Waals surface area contributed by atoms with Crippen molar-refractivity contribution in [1.82, 2.24) is 5.32 Å². The van der Waals surface area contributed by atoms with Crippen molar-refractivity contribution in [2.24, 2.45) is 0 Å². The second-order valence-electron chi connectivity index (χ2n) is 3.18. The first kappa shape index (κ1) is 9.48. The van der Waals surface area contributed by atoms with Crippen molar-refractivity contribution >= 4 is 5.97 Å². The fourth-order valence-corrected chi connectivity index (χ4v) is 1.04. The van der Waals surface area contributed by atoms with E-state index >= 15 is 0 Å². The minimum absolute atomic E-state index is 0.392. The highest BCUT2D eigenvalue weighted by atomic mass is 16.5. The van der Waals surface area contributed by atoms with Gasteiger partial charge in [0.2, 0.25) is 0 Å². The molecule has 2 unspecified atom stereocenters.